The lowest BCUT2D eigenvalue weighted by molar-refractivity contribution is 0.248. The Bertz CT molecular complexity index is 995. The first-order valence-corrected chi connectivity index (χ1v) is 8.81. The van der Waals surface area contributed by atoms with Gasteiger partial charge in [-0.15, -0.1) is 5.10 Å². The number of amides is 2. The summed E-state index contributed by atoms with van der Waals surface area (Å²) in [6.45, 7) is 0.259. The molecule has 2 aromatic heterocycles. The van der Waals surface area contributed by atoms with E-state index >= 15 is 0 Å². The molecule has 4 aromatic rings. The molecular weight excluding hydrogens is 352 g/mol. The number of benzene rings is 2. The van der Waals surface area contributed by atoms with E-state index in [-0.39, 0.29) is 12.6 Å². The Kier molecular flexibility index (Phi) is 5.06. The standard InChI is InChI=1S/C21H18N6O/c28-21(23-14-17-16-26(25-24-17)20-12-7-13-22-15-20)27(18-8-3-1-4-9-18)19-10-5-2-6-11-19/h1-13,15-16H,14H2,(H,23,28). The van der Waals surface area contributed by atoms with Crippen molar-refractivity contribution in [1.29, 1.82) is 0 Å². The van der Waals surface area contributed by atoms with Crippen LogP contribution in [0.25, 0.3) is 5.69 Å². The molecule has 1 N–H and O–H groups in total. The number of urea groups is 1. The van der Waals surface area contributed by atoms with Gasteiger partial charge in [0.25, 0.3) is 0 Å². The highest BCUT2D eigenvalue weighted by atomic mass is 16.2. The first-order chi connectivity index (χ1) is 13.8. The molecule has 28 heavy (non-hydrogen) atoms. The lowest BCUT2D eigenvalue weighted by Crippen LogP contribution is -2.36. The van der Waals surface area contributed by atoms with E-state index in [0.29, 0.717) is 5.69 Å². The third-order valence-corrected chi connectivity index (χ3v) is 4.10. The highest BCUT2D eigenvalue weighted by molar-refractivity contribution is 5.99. The Balaban J connectivity index is 1.50. The van der Waals surface area contributed by atoms with Gasteiger partial charge in [-0.05, 0) is 36.4 Å². The molecule has 0 fully saturated rings. The Morgan fingerprint density at radius 2 is 1.61 bits per heavy atom. The monoisotopic (exact) mass is 370 g/mol. The summed E-state index contributed by atoms with van der Waals surface area (Å²) in [5.41, 5.74) is 3.02. The fourth-order valence-corrected chi connectivity index (χ4v) is 2.78. The van der Waals surface area contributed by atoms with Crippen LogP contribution in [0.1, 0.15) is 5.69 Å². The van der Waals surface area contributed by atoms with E-state index in [0.717, 1.165) is 17.1 Å². The average Bonchev–Trinajstić information content (AvgIpc) is 3.24. The van der Waals surface area contributed by atoms with Crippen molar-refractivity contribution in [1.82, 2.24) is 25.3 Å². The van der Waals surface area contributed by atoms with Gasteiger partial charge in [-0.1, -0.05) is 41.6 Å². The second kappa shape index (κ2) is 8.13. The summed E-state index contributed by atoms with van der Waals surface area (Å²) in [4.78, 5) is 18.6. The molecule has 138 valence electrons. The molecule has 7 heteroatoms. The van der Waals surface area contributed by atoms with Crippen LogP contribution in [0.4, 0.5) is 16.2 Å². The van der Waals surface area contributed by atoms with Crippen molar-refractivity contribution < 1.29 is 4.79 Å². The number of hydrogen-bond acceptors (Lipinski definition) is 4. The van der Waals surface area contributed by atoms with Crippen LogP contribution in [-0.2, 0) is 6.54 Å². The summed E-state index contributed by atoms with van der Waals surface area (Å²) in [5.74, 6) is 0. The summed E-state index contributed by atoms with van der Waals surface area (Å²) in [6, 6.07) is 22.5. The fraction of sp³-hybridized carbons (Fsp3) is 0.0476. The number of pyridine rings is 1. The van der Waals surface area contributed by atoms with E-state index in [1.165, 1.54) is 0 Å². The molecule has 4 rings (SSSR count). The van der Waals surface area contributed by atoms with E-state index in [9.17, 15) is 4.79 Å². The van der Waals surface area contributed by atoms with Crippen LogP contribution in [0.2, 0.25) is 0 Å². The number of rotatable bonds is 5. The SMILES string of the molecule is O=C(NCc1cn(-c2cccnc2)nn1)N(c1ccccc1)c1ccccc1. The molecule has 2 heterocycles. The molecule has 0 radical (unpaired) electrons. The van der Waals surface area contributed by atoms with Crippen LogP contribution < -0.4 is 10.2 Å². The Hall–Kier alpha value is -4.00. The van der Waals surface area contributed by atoms with Crippen molar-refractivity contribution in [2.24, 2.45) is 0 Å². The predicted molar refractivity (Wildman–Crippen MR) is 106 cm³/mol. The Labute approximate surface area is 162 Å². The van der Waals surface area contributed by atoms with Crippen LogP contribution in [0.3, 0.4) is 0 Å². The van der Waals surface area contributed by atoms with Gasteiger partial charge in [-0.25, -0.2) is 9.48 Å². The second-order valence-electron chi connectivity index (χ2n) is 6.03. The summed E-state index contributed by atoms with van der Waals surface area (Å²) >= 11 is 0. The fourth-order valence-electron chi connectivity index (χ4n) is 2.78. The van der Waals surface area contributed by atoms with Gasteiger partial charge < -0.3 is 5.32 Å². The van der Waals surface area contributed by atoms with Crippen molar-refractivity contribution >= 4 is 17.4 Å². The molecule has 0 unspecified atom stereocenters. The summed E-state index contributed by atoms with van der Waals surface area (Å²) < 4.78 is 1.63. The molecule has 0 aliphatic carbocycles. The third kappa shape index (κ3) is 3.88. The molecule has 0 saturated heterocycles. The molecule has 0 aliphatic rings. The zero-order chi connectivity index (χ0) is 19.2. The maximum absolute atomic E-state index is 12.9. The Morgan fingerprint density at radius 1 is 0.929 bits per heavy atom. The van der Waals surface area contributed by atoms with Gasteiger partial charge in [0.05, 0.1) is 36.0 Å². The molecule has 0 saturated carbocycles. The minimum Gasteiger partial charge on any atom is -0.332 e. The molecule has 2 aromatic carbocycles. The van der Waals surface area contributed by atoms with Crippen molar-refractivity contribution in [3.63, 3.8) is 0 Å². The number of carbonyl (C=O) groups excluding carboxylic acids is 1. The lowest BCUT2D eigenvalue weighted by atomic mass is 10.2. The summed E-state index contributed by atoms with van der Waals surface area (Å²) in [6.07, 6.45) is 5.17. The first kappa shape index (κ1) is 17.4. The highest BCUT2D eigenvalue weighted by Gasteiger charge is 2.17. The van der Waals surface area contributed by atoms with Gasteiger partial charge in [-0.2, -0.15) is 0 Å². The third-order valence-electron chi connectivity index (χ3n) is 4.10. The smallest absolute Gasteiger partial charge is 0.326 e. The van der Waals surface area contributed by atoms with E-state index in [1.54, 1.807) is 28.2 Å². The highest BCUT2D eigenvalue weighted by Crippen LogP contribution is 2.24. The van der Waals surface area contributed by atoms with E-state index in [1.807, 2.05) is 72.8 Å². The molecule has 7 nitrogen and oxygen atoms in total. The number of nitrogens with zero attached hydrogens (tertiary/aromatic N) is 5. The predicted octanol–water partition coefficient (Wildman–Crippen LogP) is 3.71. The molecular formula is C21H18N6O. The zero-order valence-electron chi connectivity index (χ0n) is 15.0. The maximum Gasteiger partial charge on any atom is 0.326 e. The topological polar surface area (TPSA) is 75.9 Å². The van der Waals surface area contributed by atoms with Crippen molar-refractivity contribution in [2.75, 3.05) is 4.90 Å². The number of anilines is 2. The van der Waals surface area contributed by atoms with Gasteiger partial charge in [0.1, 0.15) is 5.69 Å². The molecule has 0 atom stereocenters. The van der Waals surface area contributed by atoms with Gasteiger partial charge >= 0.3 is 6.03 Å². The first-order valence-electron chi connectivity index (χ1n) is 8.81. The largest absolute Gasteiger partial charge is 0.332 e. The van der Waals surface area contributed by atoms with Crippen LogP contribution in [0.15, 0.2) is 91.4 Å². The number of hydrogen-bond donors (Lipinski definition) is 1. The molecule has 0 aliphatic heterocycles. The maximum atomic E-state index is 12.9. The number of aromatic nitrogens is 4. The number of carbonyl (C=O) groups is 1. The second-order valence-corrected chi connectivity index (χ2v) is 6.03. The van der Waals surface area contributed by atoms with Crippen molar-refractivity contribution in [3.8, 4) is 5.69 Å². The summed E-state index contributed by atoms with van der Waals surface area (Å²) in [5, 5.41) is 11.1. The minimum atomic E-state index is -0.242. The van der Waals surface area contributed by atoms with Crippen LogP contribution in [0.5, 0.6) is 0 Å². The summed E-state index contributed by atoms with van der Waals surface area (Å²) in [7, 11) is 0. The van der Waals surface area contributed by atoms with Gasteiger partial charge in [-0.3, -0.25) is 9.88 Å². The van der Waals surface area contributed by atoms with E-state index in [4.69, 9.17) is 0 Å². The van der Waals surface area contributed by atoms with Crippen LogP contribution in [-0.4, -0.2) is 26.0 Å². The average molecular weight is 370 g/mol. The van der Waals surface area contributed by atoms with Crippen LogP contribution in [0, 0.1) is 0 Å². The minimum absolute atomic E-state index is 0.242. The van der Waals surface area contributed by atoms with E-state index < -0.39 is 0 Å². The Morgan fingerprint density at radius 3 is 2.21 bits per heavy atom. The number of para-hydroxylation sites is 2. The van der Waals surface area contributed by atoms with Crippen molar-refractivity contribution in [2.45, 2.75) is 6.54 Å². The molecule has 2 amide bonds. The van der Waals surface area contributed by atoms with Crippen molar-refractivity contribution in [3.05, 3.63) is 97.1 Å². The quantitative estimate of drug-likeness (QED) is 0.581. The van der Waals surface area contributed by atoms with Gasteiger partial charge in [0, 0.05) is 6.20 Å². The molecule has 0 bridgehead atoms. The molecule has 0 spiro atoms. The van der Waals surface area contributed by atoms with Gasteiger partial charge in [0.15, 0.2) is 0 Å². The zero-order valence-corrected chi connectivity index (χ0v) is 15.0. The van der Waals surface area contributed by atoms with Gasteiger partial charge in [0.2, 0.25) is 0 Å². The van der Waals surface area contributed by atoms with Crippen LogP contribution >= 0.6 is 0 Å². The van der Waals surface area contributed by atoms with E-state index in [2.05, 4.69) is 20.6 Å². The number of nitrogens with one attached hydrogen (secondary N) is 1. The normalized spacial score (nSPS) is 10.4. The lowest BCUT2D eigenvalue weighted by Gasteiger charge is -2.23.